The summed E-state index contributed by atoms with van der Waals surface area (Å²) >= 11 is 0. The number of furan rings is 1. The van der Waals surface area contributed by atoms with E-state index in [1.807, 2.05) is 7.05 Å². The number of nitrogens with zero attached hydrogens (tertiary/aromatic N) is 1. The fourth-order valence-corrected chi connectivity index (χ4v) is 2.55. The lowest BCUT2D eigenvalue weighted by Crippen LogP contribution is -2.28. The molecule has 90 valence electrons. The summed E-state index contributed by atoms with van der Waals surface area (Å²) in [6, 6.07) is 2.82. The van der Waals surface area contributed by atoms with Gasteiger partial charge in [0.25, 0.3) is 0 Å². The molecule has 1 saturated carbocycles. The average molecular weight is 222 g/mol. The van der Waals surface area contributed by atoms with Crippen LogP contribution >= 0.6 is 0 Å². The molecule has 1 aliphatic rings. The minimum absolute atomic E-state index is 0.757. The molecule has 16 heavy (non-hydrogen) atoms. The van der Waals surface area contributed by atoms with Crippen molar-refractivity contribution in [3.05, 3.63) is 23.7 Å². The summed E-state index contributed by atoms with van der Waals surface area (Å²) in [4.78, 5) is 2.44. The zero-order chi connectivity index (χ0) is 11.4. The first-order chi connectivity index (χ1) is 7.81. The Morgan fingerprint density at radius 1 is 1.44 bits per heavy atom. The van der Waals surface area contributed by atoms with Gasteiger partial charge in [0.1, 0.15) is 5.76 Å². The van der Waals surface area contributed by atoms with Gasteiger partial charge in [0, 0.05) is 18.2 Å². The Hall–Kier alpha value is -0.800. The van der Waals surface area contributed by atoms with Crippen LogP contribution in [-0.2, 0) is 13.1 Å². The molecule has 0 aliphatic heterocycles. The maximum atomic E-state index is 5.57. The van der Waals surface area contributed by atoms with Crippen molar-refractivity contribution in [2.45, 2.75) is 44.8 Å². The molecule has 3 nitrogen and oxygen atoms in total. The van der Waals surface area contributed by atoms with Crippen molar-refractivity contribution < 1.29 is 4.42 Å². The van der Waals surface area contributed by atoms with Crippen LogP contribution in [0.5, 0.6) is 0 Å². The van der Waals surface area contributed by atoms with Gasteiger partial charge in [-0.1, -0.05) is 12.8 Å². The summed E-state index contributed by atoms with van der Waals surface area (Å²) in [5.74, 6) is 1.11. The summed E-state index contributed by atoms with van der Waals surface area (Å²) in [6.07, 6.45) is 7.26. The average Bonchev–Trinajstić information content (AvgIpc) is 2.90. The lowest BCUT2D eigenvalue weighted by atomic mass is 10.2. The first kappa shape index (κ1) is 11.7. The second-order valence-corrected chi connectivity index (χ2v) is 4.75. The smallest absolute Gasteiger partial charge is 0.122 e. The van der Waals surface area contributed by atoms with Gasteiger partial charge in [-0.3, -0.25) is 4.90 Å². The minimum Gasteiger partial charge on any atom is -0.468 e. The van der Waals surface area contributed by atoms with Gasteiger partial charge in [0.2, 0.25) is 0 Å². The topological polar surface area (TPSA) is 28.4 Å². The van der Waals surface area contributed by atoms with Crippen LogP contribution in [0.25, 0.3) is 0 Å². The maximum absolute atomic E-state index is 5.57. The first-order valence-corrected chi connectivity index (χ1v) is 6.21. The fourth-order valence-electron chi connectivity index (χ4n) is 2.55. The van der Waals surface area contributed by atoms with Crippen LogP contribution < -0.4 is 5.32 Å². The maximum Gasteiger partial charge on any atom is 0.122 e. The van der Waals surface area contributed by atoms with Crippen LogP contribution in [0.15, 0.2) is 16.7 Å². The molecule has 1 fully saturated rings. The molecule has 0 unspecified atom stereocenters. The summed E-state index contributed by atoms with van der Waals surface area (Å²) in [7, 11) is 4.18. The molecule has 0 saturated heterocycles. The third-order valence-corrected chi connectivity index (χ3v) is 3.55. The predicted octanol–water partition coefficient (Wildman–Crippen LogP) is 2.37. The molecule has 0 bridgehead atoms. The van der Waals surface area contributed by atoms with Crippen molar-refractivity contribution in [1.29, 1.82) is 0 Å². The lowest BCUT2D eigenvalue weighted by molar-refractivity contribution is 0.218. The monoisotopic (exact) mass is 222 g/mol. The van der Waals surface area contributed by atoms with Crippen molar-refractivity contribution in [2.75, 3.05) is 14.1 Å². The van der Waals surface area contributed by atoms with E-state index in [0.717, 1.165) is 24.9 Å². The van der Waals surface area contributed by atoms with E-state index in [1.54, 1.807) is 6.26 Å². The predicted molar refractivity (Wildman–Crippen MR) is 65.2 cm³/mol. The van der Waals surface area contributed by atoms with Gasteiger partial charge in [-0.25, -0.2) is 0 Å². The molecule has 0 spiro atoms. The van der Waals surface area contributed by atoms with Crippen molar-refractivity contribution in [3.8, 4) is 0 Å². The fraction of sp³-hybridized carbons (Fsp3) is 0.692. The first-order valence-electron chi connectivity index (χ1n) is 6.21. The van der Waals surface area contributed by atoms with E-state index in [4.69, 9.17) is 4.42 Å². The second-order valence-electron chi connectivity index (χ2n) is 4.75. The molecular weight excluding hydrogens is 200 g/mol. The summed E-state index contributed by atoms with van der Waals surface area (Å²) in [5.41, 5.74) is 1.28. The molecule has 2 rings (SSSR count). The molecule has 0 amide bonds. The number of hydrogen-bond acceptors (Lipinski definition) is 3. The highest BCUT2D eigenvalue weighted by Gasteiger charge is 2.20. The third-order valence-electron chi connectivity index (χ3n) is 3.55. The molecule has 1 aromatic heterocycles. The molecule has 3 heteroatoms. The van der Waals surface area contributed by atoms with E-state index in [2.05, 4.69) is 23.3 Å². The second kappa shape index (κ2) is 5.51. The largest absolute Gasteiger partial charge is 0.468 e. The summed E-state index contributed by atoms with van der Waals surface area (Å²) in [6.45, 7) is 1.83. The van der Waals surface area contributed by atoms with Crippen molar-refractivity contribution in [1.82, 2.24) is 10.2 Å². The zero-order valence-corrected chi connectivity index (χ0v) is 10.3. The van der Waals surface area contributed by atoms with Crippen LogP contribution in [0.2, 0.25) is 0 Å². The van der Waals surface area contributed by atoms with Gasteiger partial charge in [0.05, 0.1) is 12.8 Å². The molecule has 0 atom stereocenters. The quantitative estimate of drug-likeness (QED) is 0.829. The Morgan fingerprint density at radius 3 is 2.88 bits per heavy atom. The van der Waals surface area contributed by atoms with Crippen molar-refractivity contribution in [3.63, 3.8) is 0 Å². The zero-order valence-electron chi connectivity index (χ0n) is 10.3. The Morgan fingerprint density at radius 2 is 2.19 bits per heavy atom. The third kappa shape index (κ3) is 2.66. The molecule has 1 aliphatic carbocycles. The highest BCUT2D eigenvalue weighted by Crippen LogP contribution is 2.24. The summed E-state index contributed by atoms with van der Waals surface area (Å²) < 4.78 is 5.57. The van der Waals surface area contributed by atoms with Crippen molar-refractivity contribution >= 4 is 0 Å². The molecule has 1 aromatic rings. The number of nitrogens with one attached hydrogen (secondary N) is 1. The van der Waals surface area contributed by atoms with Crippen molar-refractivity contribution in [2.24, 2.45) is 0 Å². The number of hydrogen-bond donors (Lipinski definition) is 1. The standard InChI is InChI=1S/C13H22N2O/c1-14-9-11-7-8-16-13(11)10-15(2)12-5-3-4-6-12/h7-8,12,14H,3-6,9-10H2,1-2H3. The van der Waals surface area contributed by atoms with Gasteiger partial charge in [0.15, 0.2) is 0 Å². The molecule has 0 radical (unpaired) electrons. The highest BCUT2D eigenvalue weighted by atomic mass is 16.3. The Labute approximate surface area is 97.8 Å². The van der Waals surface area contributed by atoms with Crippen LogP contribution in [-0.4, -0.2) is 25.0 Å². The van der Waals surface area contributed by atoms with E-state index >= 15 is 0 Å². The molecule has 1 heterocycles. The Bertz CT molecular complexity index is 315. The van der Waals surface area contributed by atoms with Gasteiger partial charge in [-0.2, -0.15) is 0 Å². The molecular formula is C13H22N2O. The SMILES string of the molecule is CNCc1ccoc1CN(C)C1CCCC1. The van der Waals surface area contributed by atoms with Crippen LogP contribution in [0.4, 0.5) is 0 Å². The van der Waals surface area contributed by atoms with E-state index in [1.165, 1.54) is 31.2 Å². The molecule has 0 aromatic carbocycles. The molecule has 1 N–H and O–H groups in total. The van der Waals surface area contributed by atoms with Gasteiger partial charge in [-0.15, -0.1) is 0 Å². The minimum atomic E-state index is 0.757. The van der Waals surface area contributed by atoms with Gasteiger partial charge >= 0.3 is 0 Å². The van der Waals surface area contributed by atoms with E-state index in [9.17, 15) is 0 Å². The highest BCUT2D eigenvalue weighted by molar-refractivity contribution is 5.16. The van der Waals surface area contributed by atoms with Crippen LogP contribution in [0, 0.1) is 0 Å². The normalized spacial score (nSPS) is 17.4. The van der Waals surface area contributed by atoms with E-state index in [-0.39, 0.29) is 0 Å². The number of rotatable bonds is 5. The van der Waals surface area contributed by atoms with Crippen LogP contribution in [0.1, 0.15) is 37.0 Å². The Kier molecular flexibility index (Phi) is 4.02. The van der Waals surface area contributed by atoms with Crippen LogP contribution in [0.3, 0.4) is 0 Å². The van der Waals surface area contributed by atoms with E-state index < -0.39 is 0 Å². The Balaban J connectivity index is 1.94. The summed E-state index contributed by atoms with van der Waals surface area (Å²) in [5, 5.41) is 3.17. The van der Waals surface area contributed by atoms with Gasteiger partial charge in [-0.05, 0) is 33.0 Å². The van der Waals surface area contributed by atoms with Gasteiger partial charge < -0.3 is 9.73 Å². The van der Waals surface area contributed by atoms with E-state index in [0.29, 0.717) is 0 Å². The lowest BCUT2D eigenvalue weighted by Gasteiger charge is -2.23.